The highest BCUT2D eigenvalue weighted by atomic mass is 16.3. The Labute approximate surface area is 97.1 Å². The maximum absolute atomic E-state index is 9.86. The molecule has 0 bridgehead atoms. The fraction of sp³-hybridized carbons (Fsp3) is 0.538. The van der Waals surface area contributed by atoms with Crippen LogP contribution < -0.4 is 5.32 Å². The minimum absolute atomic E-state index is 0.382. The number of likely N-dealkylation sites (N-methyl/N-ethyl adjacent to an activating group) is 1. The molecule has 0 radical (unpaired) electrons. The van der Waals surface area contributed by atoms with Crippen LogP contribution in [0.3, 0.4) is 0 Å². The Balaban J connectivity index is 2.73. The number of rotatable bonds is 5. The molecule has 0 saturated heterocycles. The van der Waals surface area contributed by atoms with Gasteiger partial charge in [0.1, 0.15) is 6.10 Å². The van der Waals surface area contributed by atoms with Gasteiger partial charge in [-0.2, -0.15) is 0 Å². The zero-order chi connectivity index (χ0) is 12.1. The van der Waals surface area contributed by atoms with Crippen LogP contribution in [0.5, 0.6) is 0 Å². The predicted octanol–water partition coefficient (Wildman–Crippen LogP) is 1.42. The average molecular weight is 223 g/mol. The van der Waals surface area contributed by atoms with Gasteiger partial charge in [0.15, 0.2) is 0 Å². The molecule has 0 heterocycles. The molecular weight excluding hydrogens is 202 g/mol. The minimum atomic E-state index is -0.825. The number of nitrogens with one attached hydrogen (secondary N) is 1. The van der Waals surface area contributed by atoms with E-state index >= 15 is 0 Å². The lowest BCUT2D eigenvalue weighted by Gasteiger charge is -2.18. The predicted molar refractivity (Wildman–Crippen MR) is 65.4 cm³/mol. The molecule has 0 aromatic heterocycles. The van der Waals surface area contributed by atoms with Crippen molar-refractivity contribution in [2.45, 2.75) is 32.0 Å². The zero-order valence-corrected chi connectivity index (χ0v) is 10.1. The molecule has 0 aliphatic carbocycles. The molecule has 0 aliphatic heterocycles. The third-order valence-electron chi connectivity index (χ3n) is 2.72. The van der Waals surface area contributed by atoms with E-state index in [0.717, 1.165) is 5.56 Å². The van der Waals surface area contributed by atoms with Crippen LogP contribution in [-0.2, 0) is 0 Å². The molecule has 1 rings (SSSR count). The van der Waals surface area contributed by atoms with Crippen LogP contribution in [0.1, 0.15) is 37.0 Å². The third-order valence-corrected chi connectivity index (χ3v) is 2.72. The molecule has 3 nitrogen and oxygen atoms in total. The summed E-state index contributed by atoms with van der Waals surface area (Å²) in [7, 11) is 1.75. The van der Waals surface area contributed by atoms with Gasteiger partial charge in [0.25, 0.3) is 0 Å². The molecule has 0 spiro atoms. The molecule has 0 saturated carbocycles. The van der Waals surface area contributed by atoms with Crippen LogP contribution in [-0.4, -0.2) is 29.9 Å². The molecule has 2 atom stereocenters. The van der Waals surface area contributed by atoms with E-state index in [1.807, 2.05) is 24.3 Å². The maximum atomic E-state index is 9.86. The monoisotopic (exact) mass is 223 g/mol. The Morgan fingerprint density at radius 2 is 1.56 bits per heavy atom. The van der Waals surface area contributed by atoms with Crippen molar-refractivity contribution in [3.63, 3.8) is 0 Å². The van der Waals surface area contributed by atoms with Crippen molar-refractivity contribution in [2.75, 3.05) is 13.6 Å². The van der Waals surface area contributed by atoms with Gasteiger partial charge < -0.3 is 15.5 Å². The first-order valence-electron chi connectivity index (χ1n) is 5.66. The van der Waals surface area contributed by atoms with Crippen molar-refractivity contribution in [1.82, 2.24) is 5.32 Å². The highest BCUT2D eigenvalue weighted by Gasteiger charge is 2.17. The fourth-order valence-corrected chi connectivity index (χ4v) is 1.62. The van der Waals surface area contributed by atoms with Crippen molar-refractivity contribution >= 4 is 0 Å². The molecule has 3 heteroatoms. The van der Waals surface area contributed by atoms with Gasteiger partial charge in [-0.25, -0.2) is 0 Å². The van der Waals surface area contributed by atoms with Gasteiger partial charge >= 0.3 is 0 Å². The second-order valence-corrected chi connectivity index (χ2v) is 4.39. The fourth-order valence-electron chi connectivity index (χ4n) is 1.62. The van der Waals surface area contributed by atoms with E-state index in [1.54, 1.807) is 7.05 Å². The van der Waals surface area contributed by atoms with E-state index in [0.29, 0.717) is 12.5 Å². The normalized spacial score (nSPS) is 15.1. The molecule has 0 fully saturated rings. The van der Waals surface area contributed by atoms with Crippen molar-refractivity contribution in [2.24, 2.45) is 0 Å². The van der Waals surface area contributed by atoms with Gasteiger partial charge in [-0.15, -0.1) is 0 Å². The van der Waals surface area contributed by atoms with Crippen LogP contribution in [0.4, 0.5) is 0 Å². The van der Waals surface area contributed by atoms with Crippen LogP contribution in [0, 0.1) is 0 Å². The number of aliphatic hydroxyl groups excluding tert-OH is 2. The SMILES string of the molecule is CNCC(O)C(O)c1ccc(C(C)C)cc1. The Morgan fingerprint density at radius 3 is 2.00 bits per heavy atom. The lowest BCUT2D eigenvalue weighted by atomic mass is 9.98. The van der Waals surface area contributed by atoms with E-state index < -0.39 is 12.2 Å². The van der Waals surface area contributed by atoms with Crippen LogP contribution >= 0.6 is 0 Å². The summed E-state index contributed by atoms with van der Waals surface area (Å²) in [5, 5.41) is 22.3. The standard InChI is InChI=1S/C13H21NO2/c1-9(2)10-4-6-11(7-5-10)13(16)12(15)8-14-3/h4-7,9,12-16H,8H2,1-3H3. The molecule has 1 aromatic carbocycles. The van der Waals surface area contributed by atoms with Crippen molar-refractivity contribution in [3.8, 4) is 0 Å². The Bertz CT molecular complexity index is 308. The zero-order valence-electron chi connectivity index (χ0n) is 10.1. The highest BCUT2D eigenvalue weighted by Crippen LogP contribution is 2.20. The van der Waals surface area contributed by atoms with Crippen LogP contribution in [0.2, 0.25) is 0 Å². The van der Waals surface area contributed by atoms with E-state index in [9.17, 15) is 10.2 Å². The molecule has 0 aliphatic rings. The summed E-state index contributed by atoms with van der Waals surface area (Å²) in [6.45, 7) is 4.63. The van der Waals surface area contributed by atoms with Crippen LogP contribution in [0.15, 0.2) is 24.3 Å². The minimum Gasteiger partial charge on any atom is -0.389 e. The molecule has 16 heavy (non-hydrogen) atoms. The molecule has 0 amide bonds. The van der Waals surface area contributed by atoms with Crippen molar-refractivity contribution < 1.29 is 10.2 Å². The van der Waals surface area contributed by atoms with Gasteiger partial charge in [0.2, 0.25) is 0 Å². The summed E-state index contributed by atoms with van der Waals surface area (Å²) < 4.78 is 0. The topological polar surface area (TPSA) is 52.5 Å². The quantitative estimate of drug-likeness (QED) is 0.707. The van der Waals surface area contributed by atoms with E-state index in [-0.39, 0.29) is 0 Å². The van der Waals surface area contributed by atoms with Crippen molar-refractivity contribution in [3.05, 3.63) is 35.4 Å². The summed E-state index contributed by atoms with van der Waals surface area (Å²) in [5.74, 6) is 0.480. The van der Waals surface area contributed by atoms with Gasteiger partial charge in [-0.3, -0.25) is 0 Å². The van der Waals surface area contributed by atoms with Crippen molar-refractivity contribution in [1.29, 1.82) is 0 Å². The molecule has 90 valence electrons. The summed E-state index contributed by atoms with van der Waals surface area (Å²) >= 11 is 0. The lowest BCUT2D eigenvalue weighted by molar-refractivity contribution is 0.0202. The summed E-state index contributed by atoms with van der Waals surface area (Å²) in [6, 6.07) is 7.74. The van der Waals surface area contributed by atoms with Crippen LogP contribution in [0.25, 0.3) is 0 Å². The lowest BCUT2D eigenvalue weighted by Crippen LogP contribution is -2.29. The first-order chi connectivity index (χ1) is 7.56. The Hall–Kier alpha value is -0.900. The highest BCUT2D eigenvalue weighted by molar-refractivity contribution is 5.26. The Morgan fingerprint density at radius 1 is 1.06 bits per heavy atom. The Kier molecular flexibility index (Phi) is 4.93. The first kappa shape index (κ1) is 13.2. The van der Waals surface area contributed by atoms with Gasteiger partial charge in [0, 0.05) is 6.54 Å². The van der Waals surface area contributed by atoms with Gasteiger partial charge in [-0.1, -0.05) is 38.1 Å². The molecule has 2 unspecified atom stereocenters. The van der Waals surface area contributed by atoms with E-state index in [1.165, 1.54) is 5.56 Å². The second-order valence-electron chi connectivity index (χ2n) is 4.39. The number of hydrogen-bond donors (Lipinski definition) is 3. The number of aliphatic hydroxyl groups is 2. The smallest absolute Gasteiger partial charge is 0.106 e. The second kappa shape index (κ2) is 5.99. The van der Waals surface area contributed by atoms with E-state index in [2.05, 4.69) is 19.2 Å². The molecular formula is C13H21NO2. The van der Waals surface area contributed by atoms with E-state index in [4.69, 9.17) is 0 Å². The van der Waals surface area contributed by atoms with Gasteiger partial charge in [-0.05, 0) is 24.1 Å². The molecule has 3 N–H and O–H groups in total. The number of benzene rings is 1. The summed E-state index contributed by atoms with van der Waals surface area (Å²) in [5.41, 5.74) is 1.99. The number of hydrogen-bond acceptors (Lipinski definition) is 3. The largest absolute Gasteiger partial charge is 0.389 e. The molecule has 1 aromatic rings. The maximum Gasteiger partial charge on any atom is 0.106 e. The first-order valence-corrected chi connectivity index (χ1v) is 5.66. The van der Waals surface area contributed by atoms with Gasteiger partial charge in [0.05, 0.1) is 6.10 Å². The summed E-state index contributed by atoms with van der Waals surface area (Å²) in [6.07, 6.45) is -1.59. The average Bonchev–Trinajstić information content (AvgIpc) is 2.28. The third kappa shape index (κ3) is 3.30. The summed E-state index contributed by atoms with van der Waals surface area (Å²) in [4.78, 5) is 0.